The number of fused-ring (bicyclic) bond motifs is 2. The zero-order valence-electron chi connectivity index (χ0n) is 32.4. The molecule has 294 valence electrons. The molecule has 1 aromatic rings. The summed E-state index contributed by atoms with van der Waals surface area (Å²) in [6.45, 7) is 13.4. The first-order chi connectivity index (χ1) is 24.8. The van der Waals surface area contributed by atoms with E-state index >= 15 is 0 Å². The molecular formula is C39H58N4O10. The van der Waals surface area contributed by atoms with Crippen molar-refractivity contribution in [3.05, 3.63) is 47.1 Å². The van der Waals surface area contributed by atoms with Crippen molar-refractivity contribution in [2.24, 2.45) is 28.5 Å². The number of phenols is 2. The van der Waals surface area contributed by atoms with Gasteiger partial charge < -0.3 is 50.2 Å². The first-order valence-electron chi connectivity index (χ1n) is 18.0. The lowest BCUT2D eigenvalue weighted by molar-refractivity contribution is -0.112. The minimum Gasteiger partial charge on any atom is -0.506 e. The van der Waals surface area contributed by atoms with Gasteiger partial charge in [0.15, 0.2) is 6.10 Å². The summed E-state index contributed by atoms with van der Waals surface area (Å²) in [5.41, 5.74) is 6.02. The molecule has 0 saturated carbocycles. The van der Waals surface area contributed by atoms with E-state index in [1.54, 1.807) is 43.2 Å². The second kappa shape index (κ2) is 19.1. The van der Waals surface area contributed by atoms with Gasteiger partial charge >= 0.3 is 12.2 Å². The van der Waals surface area contributed by atoms with Crippen molar-refractivity contribution in [3.8, 4) is 11.5 Å². The molecule has 14 heteroatoms. The molecule has 0 aromatic heterocycles. The number of primary amides is 1. The van der Waals surface area contributed by atoms with Crippen molar-refractivity contribution in [1.82, 2.24) is 4.90 Å². The van der Waals surface area contributed by atoms with Gasteiger partial charge in [0.1, 0.15) is 28.9 Å². The molecule has 53 heavy (non-hydrogen) atoms. The summed E-state index contributed by atoms with van der Waals surface area (Å²) in [6.07, 6.45) is 5.41. The normalized spacial score (nSPS) is 27.4. The van der Waals surface area contributed by atoms with Gasteiger partial charge in [0.2, 0.25) is 0 Å². The quantitative estimate of drug-likeness (QED) is 0.105. The Morgan fingerprint density at radius 1 is 1.13 bits per heavy atom. The van der Waals surface area contributed by atoms with E-state index in [9.17, 15) is 29.7 Å². The van der Waals surface area contributed by atoms with Gasteiger partial charge in [-0.2, -0.15) is 0 Å². The molecule has 0 spiro atoms. The smallest absolute Gasteiger partial charge is 0.410 e. The van der Waals surface area contributed by atoms with Gasteiger partial charge in [-0.05, 0) is 71.8 Å². The van der Waals surface area contributed by atoms with Crippen LogP contribution >= 0.6 is 0 Å². The molecule has 1 aromatic carbocycles. The zero-order valence-corrected chi connectivity index (χ0v) is 32.4. The van der Waals surface area contributed by atoms with Crippen LogP contribution in [0.15, 0.2) is 46.5 Å². The van der Waals surface area contributed by atoms with E-state index in [2.05, 4.69) is 10.3 Å². The van der Waals surface area contributed by atoms with Gasteiger partial charge in [0.05, 0.1) is 17.9 Å². The molecule has 3 amide bonds. The molecule has 6 N–H and O–H groups in total. The molecule has 2 aliphatic rings. The van der Waals surface area contributed by atoms with Crippen LogP contribution in [0.3, 0.4) is 0 Å². The molecule has 0 aliphatic carbocycles. The molecule has 7 atom stereocenters. The number of methoxy groups -OCH3 is 2. The van der Waals surface area contributed by atoms with Crippen LogP contribution in [0.2, 0.25) is 0 Å². The Morgan fingerprint density at radius 3 is 2.45 bits per heavy atom. The van der Waals surface area contributed by atoms with Crippen LogP contribution in [0, 0.1) is 17.8 Å². The number of aliphatic hydroxyl groups is 1. The van der Waals surface area contributed by atoms with Gasteiger partial charge in [-0.15, -0.1) is 0 Å². The molecule has 2 heterocycles. The molecule has 2 aliphatic heterocycles. The topological polar surface area (TPSA) is 202 Å². The standard InChI is InChI=1S/C39H58N4O10/c1-22-16-27-32(41-20-26-13-11-15-43(21-26)38(49)53-39(5,6)7)29(44)19-28(34(27)46)42-36(47)23(2)12-10-14-30(50-8)35(52-37(40)48)25(4)18-24(3)33(45)31(17-22)51-9/h10,12,14,18-20,22,24,26,30-31,33,35,44-46H,11,13,15-17,21H2,1-9H3,(H2,40,48)(H,42,47)/b14-10-,23-12?,25-18?,41-20?. The van der Waals surface area contributed by atoms with E-state index < -0.39 is 54.0 Å². The second-order valence-corrected chi connectivity index (χ2v) is 15.1. The number of nitrogens with two attached hydrogens (primary N) is 1. The number of aromatic hydroxyl groups is 2. The lowest BCUT2D eigenvalue weighted by atomic mass is 9.87. The molecule has 3 rings (SSSR count). The van der Waals surface area contributed by atoms with Gasteiger partial charge in [-0.25, -0.2) is 9.59 Å². The number of nitrogens with zero attached hydrogens (tertiary/aromatic N) is 2. The minimum absolute atomic E-state index is 0.0153. The van der Waals surface area contributed by atoms with Gasteiger partial charge in [0.25, 0.3) is 5.91 Å². The molecule has 2 bridgehead atoms. The fourth-order valence-electron chi connectivity index (χ4n) is 6.54. The Kier molecular flexibility index (Phi) is 15.5. The first kappa shape index (κ1) is 43.0. The monoisotopic (exact) mass is 742 g/mol. The van der Waals surface area contributed by atoms with Crippen LogP contribution in [-0.2, 0) is 30.2 Å². The van der Waals surface area contributed by atoms with Crippen LogP contribution < -0.4 is 11.1 Å². The number of carbonyl (C=O) groups is 3. The SMILES string of the molecule is COC1/C=C\C=C(C)C(=O)Nc2cc(O)c(N=CC3CCCN(C(=O)OC(C)(C)C)C3)c(c2O)CC(C)CC(OC)C(O)C(C)C=C(C)C1OC(N)=O. The summed E-state index contributed by atoms with van der Waals surface area (Å²) in [7, 11) is 2.94. The number of hydrogen-bond acceptors (Lipinski definition) is 11. The highest BCUT2D eigenvalue weighted by Crippen LogP contribution is 2.44. The zero-order chi connectivity index (χ0) is 39.6. The number of ether oxygens (including phenoxy) is 4. The number of carbonyl (C=O) groups excluding carboxylic acids is 3. The molecule has 1 saturated heterocycles. The summed E-state index contributed by atoms with van der Waals surface area (Å²) in [4.78, 5) is 44.2. The van der Waals surface area contributed by atoms with E-state index in [-0.39, 0.29) is 46.7 Å². The minimum atomic E-state index is -1.01. The number of benzene rings is 1. The lowest BCUT2D eigenvalue weighted by Gasteiger charge is -2.32. The molecule has 7 unspecified atom stereocenters. The summed E-state index contributed by atoms with van der Waals surface area (Å²) in [6, 6.07) is 1.25. The number of allylic oxidation sites excluding steroid dienone is 2. The average molecular weight is 743 g/mol. The summed E-state index contributed by atoms with van der Waals surface area (Å²) < 4.78 is 22.3. The largest absolute Gasteiger partial charge is 0.506 e. The Bertz CT molecular complexity index is 1580. The summed E-state index contributed by atoms with van der Waals surface area (Å²) in [5, 5.41) is 37.1. The van der Waals surface area contributed by atoms with Gasteiger partial charge in [0, 0.05) is 62.6 Å². The molecule has 1 fully saturated rings. The first-order valence-corrected chi connectivity index (χ1v) is 18.0. The number of rotatable bonds is 5. The Hall–Kier alpha value is -4.40. The maximum absolute atomic E-state index is 13.3. The van der Waals surface area contributed by atoms with Crippen molar-refractivity contribution >= 4 is 35.7 Å². The van der Waals surface area contributed by atoms with E-state index in [0.29, 0.717) is 30.6 Å². The van der Waals surface area contributed by atoms with Crippen LogP contribution in [0.25, 0.3) is 0 Å². The lowest BCUT2D eigenvalue weighted by Crippen LogP contribution is -2.43. The van der Waals surface area contributed by atoms with Crippen LogP contribution in [0.1, 0.15) is 73.3 Å². The molecule has 14 nitrogen and oxygen atoms in total. The van der Waals surface area contributed by atoms with E-state index in [0.717, 1.165) is 12.8 Å². The van der Waals surface area contributed by atoms with Crippen LogP contribution in [0.5, 0.6) is 11.5 Å². The van der Waals surface area contributed by atoms with Crippen LogP contribution in [-0.4, -0.2) is 102 Å². The Labute approximate surface area is 312 Å². The Balaban J connectivity index is 2.06. The van der Waals surface area contributed by atoms with Crippen molar-refractivity contribution in [2.75, 3.05) is 32.6 Å². The van der Waals surface area contributed by atoms with Crippen LogP contribution in [0.4, 0.5) is 21.0 Å². The fraction of sp³-hybridized carbons (Fsp3) is 0.590. The van der Waals surface area contributed by atoms with Crippen molar-refractivity contribution in [3.63, 3.8) is 0 Å². The predicted octanol–water partition coefficient (Wildman–Crippen LogP) is 5.91. The fourth-order valence-corrected chi connectivity index (χ4v) is 6.54. The third-order valence-corrected chi connectivity index (χ3v) is 9.33. The van der Waals surface area contributed by atoms with E-state index in [4.69, 9.17) is 24.7 Å². The van der Waals surface area contributed by atoms with Crippen molar-refractivity contribution in [1.29, 1.82) is 0 Å². The Morgan fingerprint density at radius 2 is 1.83 bits per heavy atom. The average Bonchev–Trinajstić information content (AvgIpc) is 3.08. The second-order valence-electron chi connectivity index (χ2n) is 15.1. The number of aliphatic hydroxyl groups excluding tert-OH is 1. The highest BCUT2D eigenvalue weighted by molar-refractivity contribution is 6.05. The van der Waals surface area contributed by atoms with E-state index in [1.165, 1.54) is 26.4 Å². The third kappa shape index (κ3) is 12.3. The number of nitrogens with one attached hydrogen (secondary N) is 1. The highest BCUT2D eigenvalue weighted by Gasteiger charge is 2.31. The van der Waals surface area contributed by atoms with Crippen molar-refractivity contribution < 1.29 is 48.7 Å². The molecule has 0 radical (unpaired) electrons. The third-order valence-electron chi connectivity index (χ3n) is 9.33. The maximum atomic E-state index is 13.3. The number of aliphatic imine (C=N–C) groups is 1. The maximum Gasteiger partial charge on any atom is 0.410 e. The number of likely N-dealkylation sites (tertiary alicyclic amines) is 1. The van der Waals surface area contributed by atoms with Crippen molar-refractivity contribution in [2.45, 2.75) is 104 Å². The molecular weight excluding hydrogens is 684 g/mol. The summed E-state index contributed by atoms with van der Waals surface area (Å²) in [5.74, 6) is -1.90. The number of anilines is 1. The number of piperidine rings is 1. The van der Waals surface area contributed by atoms with E-state index in [1.807, 2.05) is 34.6 Å². The number of hydrogen-bond donors (Lipinski definition) is 5. The van der Waals surface area contributed by atoms with Gasteiger partial charge in [-0.3, -0.25) is 9.79 Å². The number of amides is 3. The van der Waals surface area contributed by atoms with Gasteiger partial charge in [-0.1, -0.05) is 38.2 Å². The highest BCUT2D eigenvalue weighted by atomic mass is 16.6. The summed E-state index contributed by atoms with van der Waals surface area (Å²) >= 11 is 0. The number of phenolic OH excluding ortho intramolecular Hbond substituents is 2. The predicted molar refractivity (Wildman–Crippen MR) is 202 cm³/mol.